The van der Waals surface area contributed by atoms with Gasteiger partial charge in [0.2, 0.25) is 0 Å². The monoisotopic (exact) mass is 445 g/mol. The van der Waals surface area contributed by atoms with Crippen LogP contribution in [0.3, 0.4) is 0 Å². The molecule has 1 saturated heterocycles. The van der Waals surface area contributed by atoms with Crippen molar-refractivity contribution in [3.63, 3.8) is 0 Å². The summed E-state index contributed by atoms with van der Waals surface area (Å²) < 4.78 is 27.1. The van der Waals surface area contributed by atoms with Gasteiger partial charge in [0, 0.05) is 0 Å². The van der Waals surface area contributed by atoms with Crippen LogP contribution in [0.2, 0.25) is 0 Å². The van der Waals surface area contributed by atoms with Crippen molar-refractivity contribution in [2.75, 3.05) is 13.2 Å². The van der Waals surface area contributed by atoms with Crippen LogP contribution < -0.4 is 5.32 Å². The van der Waals surface area contributed by atoms with E-state index in [1.54, 1.807) is 48.5 Å². The molecule has 0 radical (unpaired) electrons. The van der Waals surface area contributed by atoms with Gasteiger partial charge in [0.05, 0.1) is 25.0 Å². The molecule has 1 amide bonds. The standard InChI is InChI=1S/C21H35NO9/c1-11(2)17(23)29-15-10-27-9-14(22-20(26)31-21(6,7)8)19(25)28-13(5)16(15)30-18(24)12(3)4/h11-16H,9-10H2,1-8H3,(H,22,26). The second kappa shape index (κ2) is 11.3. The summed E-state index contributed by atoms with van der Waals surface area (Å²) >= 11 is 0. The summed E-state index contributed by atoms with van der Waals surface area (Å²) in [6, 6.07) is -1.15. The Morgan fingerprint density at radius 1 is 1.00 bits per heavy atom. The Hall–Kier alpha value is -2.36. The first-order chi connectivity index (χ1) is 14.2. The molecule has 31 heavy (non-hydrogen) atoms. The molecule has 4 atom stereocenters. The van der Waals surface area contributed by atoms with E-state index in [1.165, 1.54) is 6.92 Å². The smallest absolute Gasteiger partial charge is 0.408 e. The number of nitrogens with one attached hydrogen (secondary N) is 1. The normalized spacial score (nSPS) is 25.0. The van der Waals surface area contributed by atoms with Crippen LogP contribution in [0.4, 0.5) is 4.79 Å². The first-order valence-corrected chi connectivity index (χ1v) is 10.4. The summed E-state index contributed by atoms with van der Waals surface area (Å²) in [5.74, 6) is -2.71. The minimum absolute atomic E-state index is 0.165. The Bertz CT molecular complexity index is 654. The maximum absolute atomic E-state index is 12.6. The van der Waals surface area contributed by atoms with Crippen molar-refractivity contribution in [1.82, 2.24) is 5.32 Å². The molecule has 0 spiro atoms. The number of ether oxygens (including phenoxy) is 5. The molecule has 0 saturated carbocycles. The van der Waals surface area contributed by atoms with Gasteiger partial charge in [-0.05, 0) is 27.7 Å². The molecule has 0 aliphatic carbocycles. The zero-order valence-corrected chi connectivity index (χ0v) is 19.6. The van der Waals surface area contributed by atoms with Crippen LogP contribution in [-0.4, -0.2) is 67.2 Å². The van der Waals surface area contributed by atoms with E-state index in [4.69, 9.17) is 23.7 Å². The number of hydrogen-bond acceptors (Lipinski definition) is 9. The molecule has 4 unspecified atom stereocenters. The molecule has 1 heterocycles. The number of esters is 3. The van der Waals surface area contributed by atoms with Gasteiger partial charge in [-0.15, -0.1) is 0 Å². The molecule has 0 bridgehead atoms. The Balaban J connectivity index is 3.05. The third kappa shape index (κ3) is 9.12. The third-order valence-corrected chi connectivity index (χ3v) is 4.14. The SMILES string of the molecule is CC(C)C(=O)OC1COCC(NC(=O)OC(C)(C)C)C(=O)OC(C)C1OC(=O)C(C)C. The zero-order valence-electron chi connectivity index (χ0n) is 19.6. The van der Waals surface area contributed by atoms with Crippen molar-refractivity contribution in [3.05, 3.63) is 0 Å². The highest BCUT2D eigenvalue weighted by atomic mass is 16.6. The Morgan fingerprint density at radius 3 is 2.06 bits per heavy atom. The van der Waals surface area contributed by atoms with E-state index >= 15 is 0 Å². The van der Waals surface area contributed by atoms with Gasteiger partial charge in [-0.25, -0.2) is 9.59 Å². The summed E-state index contributed by atoms with van der Waals surface area (Å²) in [4.78, 5) is 49.1. The van der Waals surface area contributed by atoms with Crippen LogP contribution in [0.25, 0.3) is 0 Å². The van der Waals surface area contributed by atoms with E-state index in [-0.39, 0.29) is 13.2 Å². The highest BCUT2D eigenvalue weighted by Gasteiger charge is 2.40. The highest BCUT2D eigenvalue weighted by Crippen LogP contribution is 2.19. The van der Waals surface area contributed by atoms with E-state index < -0.39 is 65.8 Å². The molecule has 1 aliphatic heterocycles. The van der Waals surface area contributed by atoms with Gasteiger partial charge < -0.3 is 29.0 Å². The van der Waals surface area contributed by atoms with Crippen molar-refractivity contribution in [3.8, 4) is 0 Å². The fraction of sp³-hybridized carbons (Fsp3) is 0.810. The molecule has 178 valence electrons. The lowest BCUT2D eigenvalue weighted by Gasteiger charge is -2.30. The van der Waals surface area contributed by atoms with Crippen molar-refractivity contribution in [2.45, 2.75) is 85.3 Å². The molecular formula is C21H35NO9. The van der Waals surface area contributed by atoms with Gasteiger partial charge in [-0.3, -0.25) is 9.59 Å². The van der Waals surface area contributed by atoms with Crippen molar-refractivity contribution < 1.29 is 42.9 Å². The van der Waals surface area contributed by atoms with Crippen molar-refractivity contribution >= 4 is 24.0 Å². The fourth-order valence-corrected chi connectivity index (χ4v) is 2.48. The number of rotatable bonds is 5. The van der Waals surface area contributed by atoms with E-state index in [9.17, 15) is 19.2 Å². The second-order valence-corrected chi connectivity index (χ2v) is 9.06. The lowest BCUT2D eigenvalue weighted by Crippen LogP contribution is -2.48. The van der Waals surface area contributed by atoms with E-state index in [1.807, 2.05) is 0 Å². The van der Waals surface area contributed by atoms with Crippen LogP contribution >= 0.6 is 0 Å². The summed E-state index contributed by atoms with van der Waals surface area (Å²) in [6.07, 6.45) is -3.86. The van der Waals surface area contributed by atoms with Gasteiger partial charge in [-0.2, -0.15) is 0 Å². The zero-order chi connectivity index (χ0) is 23.9. The van der Waals surface area contributed by atoms with E-state index in [0.717, 1.165) is 0 Å². The molecular weight excluding hydrogens is 410 g/mol. The van der Waals surface area contributed by atoms with Crippen LogP contribution in [0.1, 0.15) is 55.4 Å². The lowest BCUT2D eigenvalue weighted by atomic mass is 10.1. The molecule has 1 aliphatic rings. The van der Waals surface area contributed by atoms with Crippen molar-refractivity contribution in [1.29, 1.82) is 0 Å². The van der Waals surface area contributed by atoms with Crippen LogP contribution in [0.5, 0.6) is 0 Å². The summed E-state index contributed by atoms with van der Waals surface area (Å²) in [7, 11) is 0. The first-order valence-electron chi connectivity index (χ1n) is 10.4. The number of carbonyl (C=O) groups is 4. The minimum Gasteiger partial charge on any atom is -0.457 e. The highest BCUT2D eigenvalue weighted by molar-refractivity contribution is 5.82. The van der Waals surface area contributed by atoms with Gasteiger partial charge in [0.1, 0.15) is 11.7 Å². The number of alkyl carbamates (subject to hydrolysis) is 1. The molecule has 1 rings (SSSR count). The van der Waals surface area contributed by atoms with Crippen LogP contribution in [-0.2, 0) is 38.1 Å². The molecule has 0 aromatic heterocycles. The average Bonchev–Trinajstić information content (AvgIpc) is 2.65. The first kappa shape index (κ1) is 26.7. The number of hydrogen-bond donors (Lipinski definition) is 1. The summed E-state index contributed by atoms with van der Waals surface area (Å²) in [5, 5.41) is 2.41. The molecule has 1 N–H and O–H groups in total. The second-order valence-electron chi connectivity index (χ2n) is 9.06. The molecule has 1 fully saturated rings. The third-order valence-electron chi connectivity index (χ3n) is 4.14. The maximum Gasteiger partial charge on any atom is 0.408 e. The van der Waals surface area contributed by atoms with Gasteiger partial charge in [0.15, 0.2) is 18.2 Å². The molecule has 10 nitrogen and oxygen atoms in total. The van der Waals surface area contributed by atoms with Gasteiger partial charge in [0.25, 0.3) is 0 Å². The quantitative estimate of drug-likeness (QED) is 0.499. The van der Waals surface area contributed by atoms with Gasteiger partial charge in [-0.1, -0.05) is 27.7 Å². The maximum atomic E-state index is 12.6. The predicted molar refractivity (Wildman–Crippen MR) is 109 cm³/mol. The van der Waals surface area contributed by atoms with Crippen molar-refractivity contribution in [2.24, 2.45) is 11.8 Å². The van der Waals surface area contributed by atoms with E-state index in [0.29, 0.717) is 0 Å². The fourth-order valence-electron chi connectivity index (χ4n) is 2.48. The molecule has 10 heteroatoms. The topological polar surface area (TPSA) is 126 Å². The number of carbonyl (C=O) groups excluding carboxylic acids is 4. The van der Waals surface area contributed by atoms with E-state index in [2.05, 4.69) is 5.32 Å². The summed E-state index contributed by atoms with van der Waals surface area (Å²) in [6.45, 7) is 12.8. The lowest BCUT2D eigenvalue weighted by molar-refractivity contribution is -0.189. The van der Waals surface area contributed by atoms with Gasteiger partial charge >= 0.3 is 24.0 Å². The Labute approximate surface area is 183 Å². The Morgan fingerprint density at radius 2 is 1.55 bits per heavy atom. The number of cyclic esters (lactones) is 1. The Kier molecular flexibility index (Phi) is 9.73. The van der Waals surface area contributed by atoms with Crippen LogP contribution in [0, 0.1) is 11.8 Å². The number of amides is 1. The summed E-state index contributed by atoms with van der Waals surface area (Å²) in [5.41, 5.74) is -0.757. The average molecular weight is 446 g/mol. The predicted octanol–water partition coefficient (Wildman–Crippen LogP) is 1.98. The minimum atomic E-state index is -1.15. The molecule has 0 aromatic rings. The van der Waals surface area contributed by atoms with Crippen LogP contribution in [0.15, 0.2) is 0 Å². The largest absolute Gasteiger partial charge is 0.457 e. The molecule has 0 aromatic carbocycles.